The smallest absolute Gasteiger partial charge is 0.305 e. The molecule has 0 N–H and O–H groups in total. The molecule has 2 rings (SSSR count). The molecule has 0 radical (unpaired) electrons. The Hall–Kier alpha value is -2.63. The van der Waals surface area contributed by atoms with E-state index in [4.69, 9.17) is 0 Å². The maximum atomic E-state index is 12.3. The lowest BCUT2D eigenvalue weighted by molar-refractivity contribution is -0.140. The number of hydrogen-bond acceptors (Lipinski definition) is 4. The van der Waals surface area contributed by atoms with Gasteiger partial charge in [0.05, 0.1) is 25.4 Å². The van der Waals surface area contributed by atoms with Gasteiger partial charge in [0.2, 0.25) is 0 Å². The number of hydrogen-bond donors (Lipinski definition) is 0. The summed E-state index contributed by atoms with van der Waals surface area (Å²) in [5, 5.41) is 4.23. The molecule has 0 aliphatic rings. The second-order valence-corrected chi connectivity index (χ2v) is 5.32. The second-order valence-electron chi connectivity index (χ2n) is 5.32. The molecule has 23 heavy (non-hydrogen) atoms. The van der Waals surface area contributed by atoms with Crippen LogP contribution in [0.25, 0.3) is 0 Å². The van der Waals surface area contributed by atoms with Crippen LogP contribution in [0.3, 0.4) is 0 Å². The van der Waals surface area contributed by atoms with Crippen molar-refractivity contribution in [2.24, 2.45) is 0 Å². The third-order valence-corrected chi connectivity index (χ3v) is 3.52. The molecule has 1 amide bonds. The predicted octanol–water partition coefficient (Wildman–Crippen LogP) is 1.96. The van der Waals surface area contributed by atoms with Gasteiger partial charge in [-0.1, -0.05) is 30.3 Å². The summed E-state index contributed by atoms with van der Waals surface area (Å²) in [6, 6.07) is 9.94. The number of rotatable bonds is 7. The van der Waals surface area contributed by atoms with E-state index >= 15 is 0 Å². The molecule has 0 aliphatic heterocycles. The molecule has 0 saturated carbocycles. The Morgan fingerprint density at radius 1 is 1.26 bits per heavy atom. The Labute approximate surface area is 135 Å². The van der Waals surface area contributed by atoms with Gasteiger partial charge in [-0.3, -0.25) is 14.3 Å². The number of aromatic nitrogens is 2. The lowest BCUT2D eigenvalue weighted by Crippen LogP contribution is -2.27. The molecule has 0 bridgehead atoms. The highest BCUT2D eigenvalue weighted by Crippen LogP contribution is 2.07. The quantitative estimate of drug-likeness (QED) is 0.733. The molecule has 1 aromatic heterocycles. The molecule has 1 heterocycles. The van der Waals surface area contributed by atoms with Crippen LogP contribution in [0, 0.1) is 0 Å². The van der Waals surface area contributed by atoms with Gasteiger partial charge in [-0.15, -0.1) is 0 Å². The maximum Gasteiger partial charge on any atom is 0.305 e. The molecule has 6 nitrogen and oxygen atoms in total. The molecule has 6 heteroatoms. The fourth-order valence-electron chi connectivity index (χ4n) is 2.22. The lowest BCUT2D eigenvalue weighted by Gasteiger charge is -2.15. The van der Waals surface area contributed by atoms with E-state index in [1.165, 1.54) is 7.11 Å². The van der Waals surface area contributed by atoms with Gasteiger partial charge < -0.3 is 9.64 Å². The van der Waals surface area contributed by atoms with Crippen LogP contribution >= 0.6 is 0 Å². The van der Waals surface area contributed by atoms with Crippen molar-refractivity contribution in [1.29, 1.82) is 0 Å². The van der Waals surface area contributed by atoms with Gasteiger partial charge in [0.15, 0.2) is 0 Å². The number of amides is 1. The summed E-state index contributed by atoms with van der Waals surface area (Å²) in [5.41, 5.74) is 1.67. The Kier molecular flexibility index (Phi) is 5.91. The van der Waals surface area contributed by atoms with Crippen LogP contribution in [-0.4, -0.2) is 47.3 Å². The zero-order chi connectivity index (χ0) is 16.7. The van der Waals surface area contributed by atoms with E-state index in [0.717, 1.165) is 5.56 Å². The average Bonchev–Trinajstić information content (AvgIpc) is 3.03. The molecular weight excluding hydrogens is 294 g/mol. The predicted molar refractivity (Wildman–Crippen MR) is 86.0 cm³/mol. The zero-order valence-corrected chi connectivity index (χ0v) is 13.4. The molecule has 2 aromatic rings. The molecule has 0 saturated heterocycles. The number of esters is 1. The first-order chi connectivity index (χ1) is 11.1. The van der Waals surface area contributed by atoms with E-state index in [1.807, 2.05) is 30.3 Å². The van der Waals surface area contributed by atoms with E-state index in [0.29, 0.717) is 31.5 Å². The largest absolute Gasteiger partial charge is 0.469 e. The van der Waals surface area contributed by atoms with Crippen LogP contribution in [-0.2, 0) is 16.1 Å². The molecular formula is C17H21N3O3. The van der Waals surface area contributed by atoms with E-state index in [-0.39, 0.29) is 11.9 Å². The number of carbonyl (C=O) groups excluding carboxylic acids is 2. The van der Waals surface area contributed by atoms with Crippen LogP contribution in [0.4, 0.5) is 0 Å². The van der Waals surface area contributed by atoms with E-state index in [2.05, 4.69) is 9.84 Å². The minimum absolute atomic E-state index is 0.103. The molecule has 0 aliphatic carbocycles. The Bertz CT molecular complexity index is 652. The van der Waals surface area contributed by atoms with Crippen LogP contribution in [0.15, 0.2) is 42.7 Å². The molecule has 0 atom stereocenters. The van der Waals surface area contributed by atoms with Crippen molar-refractivity contribution in [3.05, 3.63) is 53.9 Å². The highest BCUT2D eigenvalue weighted by molar-refractivity contribution is 5.93. The highest BCUT2D eigenvalue weighted by atomic mass is 16.5. The highest BCUT2D eigenvalue weighted by Gasteiger charge is 2.14. The fraction of sp³-hybridized carbons (Fsp3) is 0.353. The Morgan fingerprint density at radius 3 is 2.70 bits per heavy atom. The van der Waals surface area contributed by atoms with Crippen molar-refractivity contribution in [3.63, 3.8) is 0 Å². The van der Waals surface area contributed by atoms with Gasteiger partial charge in [0, 0.05) is 26.2 Å². The van der Waals surface area contributed by atoms with Crippen molar-refractivity contribution in [1.82, 2.24) is 14.7 Å². The number of nitrogens with zero attached hydrogens (tertiary/aromatic N) is 3. The third kappa shape index (κ3) is 4.95. The van der Waals surface area contributed by atoms with E-state index in [1.54, 1.807) is 29.0 Å². The first-order valence-electron chi connectivity index (χ1n) is 7.49. The second kappa shape index (κ2) is 8.12. The van der Waals surface area contributed by atoms with Gasteiger partial charge in [0.25, 0.3) is 5.91 Å². The SMILES string of the molecule is COC(=O)CCCN(C)C(=O)c1cnn(Cc2ccccc2)c1. The summed E-state index contributed by atoms with van der Waals surface area (Å²) >= 11 is 0. The van der Waals surface area contributed by atoms with Crippen molar-refractivity contribution in [2.45, 2.75) is 19.4 Å². The monoisotopic (exact) mass is 315 g/mol. The zero-order valence-electron chi connectivity index (χ0n) is 13.4. The Balaban J connectivity index is 1.88. The summed E-state index contributed by atoms with van der Waals surface area (Å²) in [7, 11) is 3.08. The summed E-state index contributed by atoms with van der Waals surface area (Å²) in [4.78, 5) is 25.0. The molecule has 0 unspecified atom stereocenters. The first-order valence-corrected chi connectivity index (χ1v) is 7.49. The van der Waals surface area contributed by atoms with Gasteiger partial charge in [-0.2, -0.15) is 5.10 Å². The number of methoxy groups -OCH3 is 1. The van der Waals surface area contributed by atoms with E-state index < -0.39 is 0 Å². The van der Waals surface area contributed by atoms with Crippen molar-refractivity contribution in [2.75, 3.05) is 20.7 Å². The van der Waals surface area contributed by atoms with Gasteiger partial charge in [-0.05, 0) is 12.0 Å². The topological polar surface area (TPSA) is 64.4 Å². The molecule has 122 valence electrons. The normalized spacial score (nSPS) is 10.3. The van der Waals surface area contributed by atoms with Crippen molar-refractivity contribution in [3.8, 4) is 0 Å². The Morgan fingerprint density at radius 2 is 2.00 bits per heavy atom. The average molecular weight is 315 g/mol. The van der Waals surface area contributed by atoms with Crippen LogP contribution in [0.1, 0.15) is 28.8 Å². The van der Waals surface area contributed by atoms with Gasteiger partial charge in [0.1, 0.15) is 0 Å². The maximum absolute atomic E-state index is 12.3. The minimum atomic E-state index is -0.262. The van der Waals surface area contributed by atoms with Gasteiger partial charge in [-0.25, -0.2) is 0 Å². The number of ether oxygens (including phenoxy) is 1. The van der Waals surface area contributed by atoms with Crippen LogP contribution in [0.5, 0.6) is 0 Å². The van der Waals surface area contributed by atoms with Crippen molar-refractivity contribution >= 4 is 11.9 Å². The minimum Gasteiger partial charge on any atom is -0.469 e. The third-order valence-electron chi connectivity index (χ3n) is 3.52. The number of carbonyl (C=O) groups is 2. The van der Waals surface area contributed by atoms with Crippen LogP contribution in [0.2, 0.25) is 0 Å². The first kappa shape index (κ1) is 16.7. The number of benzene rings is 1. The summed E-state index contributed by atoms with van der Waals surface area (Å²) in [6.07, 6.45) is 4.20. The fourth-order valence-corrected chi connectivity index (χ4v) is 2.22. The molecule has 0 fully saturated rings. The standard InChI is InChI=1S/C17H21N3O3/c1-19(10-6-9-16(21)23-2)17(22)15-11-18-20(13-15)12-14-7-4-3-5-8-14/h3-5,7-8,11,13H,6,9-10,12H2,1-2H3. The summed E-state index contributed by atoms with van der Waals surface area (Å²) < 4.78 is 6.32. The van der Waals surface area contributed by atoms with Gasteiger partial charge >= 0.3 is 5.97 Å². The van der Waals surface area contributed by atoms with Crippen molar-refractivity contribution < 1.29 is 14.3 Å². The lowest BCUT2D eigenvalue weighted by atomic mass is 10.2. The van der Waals surface area contributed by atoms with E-state index in [9.17, 15) is 9.59 Å². The molecule has 1 aromatic carbocycles. The summed E-state index contributed by atoms with van der Waals surface area (Å²) in [5.74, 6) is -0.365. The molecule has 0 spiro atoms. The summed E-state index contributed by atoms with van der Waals surface area (Å²) in [6.45, 7) is 1.12. The van der Waals surface area contributed by atoms with Crippen LogP contribution < -0.4 is 0 Å².